The Labute approximate surface area is 102 Å². The van der Waals surface area contributed by atoms with E-state index in [1.807, 2.05) is 6.92 Å². The summed E-state index contributed by atoms with van der Waals surface area (Å²) in [4.78, 5) is 11.9. The summed E-state index contributed by atoms with van der Waals surface area (Å²) in [5.74, 6) is 0.431. The summed E-state index contributed by atoms with van der Waals surface area (Å²) in [6, 6.07) is -0.0177. The minimum atomic E-state index is -0.456. The highest BCUT2D eigenvalue weighted by atomic mass is 16.3. The molecule has 0 saturated heterocycles. The molecule has 2 atom stereocenters. The summed E-state index contributed by atoms with van der Waals surface area (Å²) in [7, 11) is 0. The number of carbonyl (C=O) groups excluding carboxylic acids is 1. The predicted octanol–water partition coefficient (Wildman–Crippen LogP) is 1.56. The Hall–Kier alpha value is -1.03. The summed E-state index contributed by atoms with van der Waals surface area (Å²) in [6.45, 7) is 1.92. The van der Waals surface area contributed by atoms with Crippen LogP contribution in [-0.4, -0.2) is 29.3 Å². The van der Waals surface area contributed by atoms with E-state index in [0.29, 0.717) is 5.92 Å². The monoisotopic (exact) mass is 238 g/mol. The fourth-order valence-corrected chi connectivity index (χ4v) is 2.39. The minimum absolute atomic E-state index is 0.00555. The number of hydrogen-bond donors (Lipinski definition) is 3. The molecule has 17 heavy (non-hydrogen) atoms. The molecule has 0 aromatic rings. The zero-order valence-corrected chi connectivity index (χ0v) is 10.4. The molecule has 4 heteroatoms. The highest BCUT2D eigenvalue weighted by Crippen LogP contribution is 2.39. The first-order chi connectivity index (χ1) is 8.14. The second-order valence-electron chi connectivity index (χ2n) is 5.41. The first-order valence-electron chi connectivity index (χ1n) is 6.50. The van der Waals surface area contributed by atoms with E-state index in [-0.39, 0.29) is 18.7 Å². The van der Waals surface area contributed by atoms with Crippen molar-refractivity contribution < 1.29 is 9.90 Å². The molecule has 3 N–H and O–H groups in total. The van der Waals surface area contributed by atoms with Crippen LogP contribution in [0.1, 0.15) is 39.0 Å². The summed E-state index contributed by atoms with van der Waals surface area (Å²) < 4.78 is 0. The van der Waals surface area contributed by atoms with Gasteiger partial charge in [0.1, 0.15) is 0 Å². The van der Waals surface area contributed by atoms with Crippen LogP contribution in [0.5, 0.6) is 0 Å². The van der Waals surface area contributed by atoms with E-state index < -0.39 is 5.54 Å². The molecular formula is C13H22N2O2. The van der Waals surface area contributed by atoms with Crippen LogP contribution in [0.25, 0.3) is 0 Å². The van der Waals surface area contributed by atoms with Crippen molar-refractivity contribution in [1.82, 2.24) is 10.6 Å². The number of nitrogens with one attached hydrogen (secondary N) is 2. The van der Waals surface area contributed by atoms with Crippen molar-refractivity contribution in [2.24, 2.45) is 5.92 Å². The maximum Gasteiger partial charge on any atom is 0.315 e. The van der Waals surface area contributed by atoms with Crippen LogP contribution in [0.2, 0.25) is 0 Å². The van der Waals surface area contributed by atoms with Crippen molar-refractivity contribution >= 4 is 6.03 Å². The number of amides is 2. The first kappa shape index (κ1) is 12.4. The fraction of sp³-hybridized carbons (Fsp3) is 0.769. The number of aliphatic hydroxyl groups is 1. The lowest BCUT2D eigenvalue weighted by Crippen LogP contribution is -2.55. The van der Waals surface area contributed by atoms with Gasteiger partial charge in [-0.25, -0.2) is 4.79 Å². The lowest BCUT2D eigenvalue weighted by Gasteiger charge is -2.30. The molecule has 0 aromatic carbocycles. The normalized spacial score (nSPS) is 27.3. The summed E-state index contributed by atoms with van der Waals surface area (Å²) in [5.41, 5.74) is -0.456. The Morgan fingerprint density at radius 2 is 2.24 bits per heavy atom. The molecule has 2 aliphatic rings. The lowest BCUT2D eigenvalue weighted by atomic mass is 9.97. The van der Waals surface area contributed by atoms with Crippen molar-refractivity contribution in [3.05, 3.63) is 12.2 Å². The van der Waals surface area contributed by atoms with Crippen LogP contribution in [0, 0.1) is 5.92 Å². The maximum absolute atomic E-state index is 11.9. The van der Waals surface area contributed by atoms with E-state index in [0.717, 1.165) is 32.1 Å². The number of urea groups is 1. The zero-order chi connectivity index (χ0) is 12.3. The molecule has 2 unspecified atom stereocenters. The van der Waals surface area contributed by atoms with Crippen molar-refractivity contribution in [3.63, 3.8) is 0 Å². The predicted molar refractivity (Wildman–Crippen MR) is 66.7 cm³/mol. The van der Waals surface area contributed by atoms with E-state index >= 15 is 0 Å². The molecule has 0 bridgehead atoms. The van der Waals surface area contributed by atoms with Crippen LogP contribution in [0.4, 0.5) is 4.79 Å². The first-order valence-corrected chi connectivity index (χ1v) is 6.50. The van der Waals surface area contributed by atoms with E-state index in [4.69, 9.17) is 0 Å². The van der Waals surface area contributed by atoms with Crippen molar-refractivity contribution in [1.29, 1.82) is 0 Å². The summed E-state index contributed by atoms with van der Waals surface area (Å²) in [5, 5.41) is 15.3. The molecule has 1 saturated carbocycles. The average Bonchev–Trinajstić information content (AvgIpc) is 3.14. The highest BCUT2D eigenvalue weighted by molar-refractivity contribution is 5.75. The summed E-state index contributed by atoms with van der Waals surface area (Å²) >= 11 is 0. The number of allylic oxidation sites excluding steroid dienone is 1. The molecule has 1 fully saturated rings. The zero-order valence-electron chi connectivity index (χ0n) is 10.4. The second kappa shape index (κ2) is 5.08. The van der Waals surface area contributed by atoms with E-state index in [1.165, 1.54) is 0 Å². The maximum atomic E-state index is 11.9. The van der Waals surface area contributed by atoms with E-state index in [1.54, 1.807) is 0 Å². The molecule has 2 amide bonds. The molecule has 2 aliphatic carbocycles. The molecule has 0 aliphatic heterocycles. The van der Waals surface area contributed by atoms with Crippen LogP contribution >= 0.6 is 0 Å². The molecule has 0 aromatic heterocycles. The van der Waals surface area contributed by atoms with E-state index in [2.05, 4.69) is 22.8 Å². The van der Waals surface area contributed by atoms with Gasteiger partial charge < -0.3 is 15.7 Å². The molecule has 0 heterocycles. The molecule has 4 nitrogen and oxygen atoms in total. The van der Waals surface area contributed by atoms with Gasteiger partial charge in [0.15, 0.2) is 0 Å². The largest absolute Gasteiger partial charge is 0.394 e. The third-order valence-corrected chi connectivity index (χ3v) is 3.78. The van der Waals surface area contributed by atoms with Gasteiger partial charge >= 0.3 is 6.03 Å². The van der Waals surface area contributed by atoms with E-state index in [9.17, 15) is 9.90 Å². The quantitative estimate of drug-likeness (QED) is 0.651. The van der Waals surface area contributed by atoms with Crippen LogP contribution in [0.15, 0.2) is 12.2 Å². The van der Waals surface area contributed by atoms with Crippen molar-refractivity contribution in [2.75, 3.05) is 6.61 Å². The van der Waals surface area contributed by atoms with Gasteiger partial charge in [-0.2, -0.15) is 0 Å². The standard InChI is InChI=1S/C13H22N2O2/c1-13(9-16,10-7-8-10)15-12(17)14-11-5-3-2-4-6-11/h3,5,10-11,16H,2,4,6-9H2,1H3,(H2,14,15,17). The summed E-state index contributed by atoms with van der Waals surface area (Å²) in [6.07, 6.45) is 9.60. The van der Waals surface area contributed by atoms with Gasteiger partial charge in [-0.05, 0) is 44.9 Å². The molecule has 0 spiro atoms. The molecular weight excluding hydrogens is 216 g/mol. The molecule has 2 rings (SSSR count). The van der Waals surface area contributed by atoms with Gasteiger partial charge in [-0.3, -0.25) is 0 Å². The van der Waals surface area contributed by atoms with Gasteiger partial charge in [0.2, 0.25) is 0 Å². The lowest BCUT2D eigenvalue weighted by molar-refractivity contribution is 0.154. The Kier molecular flexibility index (Phi) is 3.72. The Morgan fingerprint density at radius 1 is 1.47 bits per heavy atom. The van der Waals surface area contributed by atoms with Crippen LogP contribution < -0.4 is 10.6 Å². The number of rotatable bonds is 4. The molecule has 0 radical (unpaired) electrons. The highest BCUT2D eigenvalue weighted by Gasteiger charge is 2.42. The van der Waals surface area contributed by atoms with Gasteiger partial charge in [0, 0.05) is 6.04 Å². The average molecular weight is 238 g/mol. The third-order valence-electron chi connectivity index (χ3n) is 3.78. The number of aliphatic hydroxyl groups excluding tert-OH is 1. The van der Waals surface area contributed by atoms with Crippen molar-refractivity contribution in [3.8, 4) is 0 Å². The Balaban J connectivity index is 1.83. The van der Waals surface area contributed by atoms with Crippen LogP contribution in [-0.2, 0) is 0 Å². The minimum Gasteiger partial charge on any atom is -0.394 e. The second-order valence-corrected chi connectivity index (χ2v) is 5.41. The number of hydrogen-bond acceptors (Lipinski definition) is 2. The number of carbonyl (C=O) groups is 1. The fourth-order valence-electron chi connectivity index (χ4n) is 2.39. The Bertz CT molecular complexity index is 313. The van der Waals surface area contributed by atoms with Crippen molar-refractivity contribution in [2.45, 2.75) is 50.6 Å². The smallest absolute Gasteiger partial charge is 0.315 e. The molecule has 96 valence electrons. The van der Waals surface area contributed by atoms with Gasteiger partial charge in [-0.15, -0.1) is 0 Å². The van der Waals surface area contributed by atoms with Gasteiger partial charge in [-0.1, -0.05) is 12.2 Å². The van der Waals surface area contributed by atoms with Crippen LogP contribution in [0.3, 0.4) is 0 Å². The van der Waals surface area contributed by atoms with Gasteiger partial charge in [0.25, 0.3) is 0 Å². The topological polar surface area (TPSA) is 61.4 Å². The SMILES string of the molecule is CC(CO)(NC(=O)NC1C=CCCC1)C1CC1. The Morgan fingerprint density at radius 3 is 2.76 bits per heavy atom. The third kappa shape index (κ3) is 3.22. The van der Waals surface area contributed by atoms with Gasteiger partial charge in [0.05, 0.1) is 12.1 Å².